The van der Waals surface area contributed by atoms with Crippen LogP contribution in [0.3, 0.4) is 0 Å². The summed E-state index contributed by atoms with van der Waals surface area (Å²) in [6.07, 6.45) is 0.653. The summed E-state index contributed by atoms with van der Waals surface area (Å²) in [4.78, 5) is 25.6. The molecule has 1 amide bonds. The van der Waals surface area contributed by atoms with Gasteiger partial charge in [0.05, 0.1) is 11.4 Å². The summed E-state index contributed by atoms with van der Waals surface area (Å²) in [6.45, 7) is 0. The van der Waals surface area contributed by atoms with Crippen LogP contribution < -0.4 is 10.9 Å². The molecule has 0 saturated carbocycles. The topological polar surface area (TPSA) is 64.0 Å². The maximum Gasteiger partial charge on any atom is 0.274 e. The molecule has 0 fully saturated rings. The average Bonchev–Trinajstić information content (AvgIpc) is 2.77. The monoisotopic (exact) mass is 383 g/mol. The van der Waals surface area contributed by atoms with Crippen molar-refractivity contribution in [1.29, 1.82) is 0 Å². The van der Waals surface area contributed by atoms with Gasteiger partial charge >= 0.3 is 0 Å². The molecule has 3 aromatic carbocycles. The highest BCUT2D eigenvalue weighted by Gasteiger charge is 2.20. The molecule has 4 rings (SSSR count). The van der Waals surface area contributed by atoms with Crippen LogP contribution in [0.4, 0.5) is 0 Å². The van der Waals surface area contributed by atoms with Crippen LogP contribution in [0.5, 0.6) is 0 Å². The predicted molar refractivity (Wildman–Crippen MR) is 114 cm³/mol. The van der Waals surface area contributed by atoms with Crippen LogP contribution in [0.2, 0.25) is 0 Å². The van der Waals surface area contributed by atoms with Gasteiger partial charge in [0.2, 0.25) is 0 Å². The number of fused-ring (bicyclic) bond motifs is 1. The molecule has 0 unspecified atom stereocenters. The molecule has 1 N–H and O–H groups in total. The fourth-order valence-electron chi connectivity index (χ4n) is 3.48. The van der Waals surface area contributed by atoms with E-state index in [1.165, 1.54) is 4.68 Å². The molecule has 1 aromatic heterocycles. The van der Waals surface area contributed by atoms with Gasteiger partial charge in [-0.2, -0.15) is 5.10 Å². The van der Waals surface area contributed by atoms with E-state index >= 15 is 0 Å². The molecule has 0 aliphatic rings. The SMILES string of the molecule is Cn1nc(C(=O)N[C@H](Cc2ccccc2)c2ccccc2)c2ccccc2c1=O. The minimum absolute atomic E-state index is 0.219. The van der Waals surface area contributed by atoms with Gasteiger partial charge in [-0.15, -0.1) is 0 Å². The van der Waals surface area contributed by atoms with Crippen LogP contribution in [-0.4, -0.2) is 15.7 Å². The number of rotatable bonds is 5. The highest BCUT2D eigenvalue weighted by atomic mass is 16.2. The minimum atomic E-state index is -0.304. The van der Waals surface area contributed by atoms with E-state index in [9.17, 15) is 9.59 Å². The zero-order valence-corrected chi connectivity index (χ0v) is 16.1. The summed E-state index contributed by atoms with van der Waals surface area (Å²) >= 11 is 0. The maximum absolute atomic E-state index is 13.2. The fourth-order valence-corrected chi connectivity index (χ4v) is 3.48. The second-order valence-electron chi connectivity index (χ2n) is 6.95. The Morgan fingerprint density at radius 2 is 1.48 bits per heavy atom. The van der Waals surface area contributed by atoms with Gasteiger partial charge in [0, 0.05) is 12.4 Å². The zero-order valence-electron chi connectivity index (χ0n) is 16.1. The number of amides is 1. The molecule has 0 aliphatic heterocycles. The Balaban J connectivity index is 1.71. The highest BCUT2D eigenvalue weighted by molar-refractivity contribution is 6.04. The van der Waals surface area contributed by atoms with Crippen molar-refractivity contribution in [2.45, 2.75) is 12.5 Å². The maximum atomic E-state index is 13.2. The van der Waals surface area contributed by atoms with Gasteiger partial charge in [0.1, 0.15) is 0 Å². The molecule has 0 radical (unpaired) electrons. The van der Waals surface area contributed by atoms with Gasteiger partial charge in [0.25, 0.3) is 11.5 Å². The van der Waals surface area contributed by atoms with E-state index in [1.54, 1.807) is 31.3 Å². The van der Waals surface area contributed by atoms with Crippen molar-refractivity contribution >= 4 is 16.7 Å². The van der Waals surface area contributed by atoms with Crippen molar-refractivity contribution in [1.82, 2.24) is 15.1 Å². The number of carbonyl (C=O) groups is 1. The van der Waals surface area contributed by atoms with E-state index < -0.39 is 0 Å². The number of hydrogen-bond donors (Lipinski definition) is 1. The summed E-state index contributed by atoms with van der Waals surface area (Å²) in [5, 5.41) is 8.40. The highest BCUT2D eigenvalue weighted by Crippen LogP contribution is 2.20. The smallest absolute Gasteiger partial charge is 0.274 e. The second-order valence-corrected chi connectivity index (χ2v) is 6.95. The van der Waals surface area contributed by atoms with Gasteiger partial charge in [-0.3, -0.25) is 9.59 Å². The first kappa shape index (κ1) is 18.6. The first-order valence-electron chi connectivity index (χ1n) is 9.49. The third-order valence-corrected chi connectivity index (χ3v) is 4.96. The molecule has 1 atom stereocenters. The lowest BCUT2D eigenvalue weighted by Gasteiger charge is -2.20. The normalized spacial score (nSPS) is 11.9. The van der Waals surface area contributed by atoms with Crippen molar-refractivity contribution in [3.8, 4) is 0 Å². The standard InChI is InChI=1S/C24H21N3O2/c1-27-24(29)20-15-9-8-14-19(20)22(26-27)23(28)25-21(18-12-6-3-7-13-18)16-17-10-4-2-5-11-17/h2-15,21H,16H2,1H3,(H,25,28)/t21-/m1/s1. The van der Waals surface area contributed by atoms with Crippen molar-refractivity contribution < 1.29 is 4.79 Å². The van der Waals surface area contributed by atoms with Crippen molar-refractivity contribution in [2.75, 3.05) is 0 Å². The molecule has 29 heavy (non-hydrogen) atoms. The molecular formula is C24H21N3O2. The van der Waals surface area contributed by atoms with E-state index in [1.807, 2.05) is 60.7 Å². The molecule has 1 heterocycles. The zero-order chi connectivity index (χ0) is 20.2. The first-order valence-corrected chi connectivity index (χ1v) is 9.49. The van der Waals surface area contributed by atoms with Gasteiger partial charge < -0.3 is 5.32 Å². The third kappa shape index (κ3) is 3.94. The van der Waals surface area contributed by atoms with Crippen LogP contribution in [-0.2, 0) is 13.5 Å². The van der Waals surface area contributed by atoms with Gasteiger partial charge in [-0.1, -0.05) is 78.9 Å². The Hall–Kier alpha value is -3.73. The van der Waals surface area contributed by atoms with E-state index in [4.69, 9.17) is 0 Å². The summed E-state index contributed by atoms with van der Waals surface area (Å²) < 4.78 is 1.21. The fraction of sp³-hybridized carbons (Fsp3) is 0.125. The quantitative estimate of drug-likeness (QED) is 0.572. The molecule has 4 aromatic rings. The predicted octanol–water partition coefficient (Wildman–Crippen LogP) is 3.65. The lowest BCUT2D eigenvalue weighted by Crippen LogP contribution is -2.33. The Kier molecular flexibility index (Phi) is 5.20. The van der Waals surface area contributed by atoms with Crippen molar-refractivity contribution in [3.63, 3.8) is 0 Å². The largest absolute Gasteiger partial charge is 0.343 e. The van der Waals surface area contributed by atoms with Crippen LogP contribution >= 0.6 is 0 Å². The van der Waals surface area contributed by atoms with E-state index in [-0.39, 0.29) is 23.2 Å². The van der Waals surface area contributed by atoms with Crippen molar-refractivity contribution in [2.24, 2.45) is 7.05 Å². The lowest BCUT2D eigenvalue weighted by atomic mass is 9.98. The number of aryl methyl sites for hydroxylation is 1. The number of benzene rings is 3. The molecule has 5 heteroatoms. The number of nitrogens with zero attached hydrogens (tertiary/aromatic N) is 2. The average molecular weight is 383 g/mol. The first-order chi connectivity index (χ1) is 14.1. The Morgan fingerprint density at radius 3 is 2.17 bits per heavy atom. The molecule has 5 nitrogen and oxygen atoms in total. The van der Waals surface area contributed by atoms with Gasteiger partial charge in [-0.05, 0) is 23.6 Å². The van der Waals surface area contributed by atoms with Crippen molar-refractivity contribution in [3.05, 3.63) is 112 Å². The third-order valence-electron chi connectivity index (χ3n) is 4.96. The number of aromatic nitrogens is 2. The second kappa shape index (κ2) is 8.10. The summed E-state index contributed by atoms with van der Waals surface area (Å²) in [5.41, 5.74) is 2.16. The molecule has 0 bridgehead atoms. The molecule has 0 saturated heterocycles. The Morgan fingerprint density at radius 1 is 0.897 bits per heavy atom. The van der Waals surface area contributed by atoms with Crippen LogP contribution in [0, 0.1) is 0 Å². The molecular weight excluding hydrogens is 362 g/mol. The molecule has 0 spiro atoms. The number of hydrogen-bond acceptors (Lipinski definition) is 3. The summed E-state index contributed by atoms with van der Waals surface area (Å²) in [6, 6.07) is 26.7. The van der Waals surface area contributed by atoms with Crippen LogP contribution in [0.15, 0.2) is 89.7 Å². The molecule has 0 aliphatic carbocycles. The van der Waals surface area contributed by atoms with E-state index in [2.05, 4.69) is 10.4 Å². The Bertz CT molecular complexity index is 1200. The van der Waals surface area contributed by atoms with E-state index in [0.717, 1.165) is 11.1 Å². The number of carbonyl (C=O) groups excluding carboxylic acids is 1. The van der Waals surface area contributed by atoms with Crippen LogP contribution in [0.25, 0.3) is 10.8 Å². The summed E-state index contributed by atoms with van der Waals surface area (Å²) in [5.74, 6) is -0.304. The van der Waals surface area contributed by atoms with Gasteiger partial charge in [-0.25, -0.2) is 4.68 Å². The lowest BCUT2D eigenvalue weighted by molar-refractivity contribution is 0.0931. The van der Waals surface area contributed by atoms with E-state index in [0.29, 0.717) is 17.2 Å². The number of nitrogens with one attached hydrogen (secondary N) is 1. The summed E-state index contributed by atoms with van der Waals surface area (Å²) in [7, 11) is 1.56. The Labute approximate surface area is 168 Å². The molecule has 144 valence electrons. The minimum Gasteiger partial charge on any atom is -0.343 e. The van der Waals surface area contributed by atoms with Crippen LogP contribution in [0.1, 0.15) is 27.7 Å². The van der Waals surface area contributed by atoms with Gasteiger partial charge in [0.15, 0.2) is 5.69 Å².